The average Bonchev–Trinajstić information content (AvgIpc) is 2.78. The van der Waals surface area contributed by atoms with Gasteiger partial charge in [-0.05, 0) is 50.5 Å². The van der Waals surface area contributed by atoms with Crippen LogP contribution in [0.4, 0.5) is 4.39 Å². The van der Waals surface area contributed by atoms with Gasteiger partial charge in [0.25, 0.3) is 0 Å². The van der Waals surface area contributed by atoms with Crippen LogP contribution in [-0.4, -0.2) is 17.0 Å². The number of benzene rings is 2. The van der Waals surface area contributed by atoms with Crippen molar-refractivity contribution in [1.29, 1.82) is 0 Å². The first-order valence-corrected chi connectivity index (χ1v) is 10.3. The van der Waals surface area contributed by atoms with Gasteiger partial charge in [0, 0.05) is 28.5 Å². The van der Waals surface area contributed by atoms with E-state index in [4.69, 9.17) is 4.74 Å². The maximum absolute atomic E-state index is 13.8. The molecule has 1 unspecified atom stereocenters. The minimum absolute atomic E-state index is 0.236. The van der Waals surface area contributed by atoms with Gasteiger partial charge in [0.2, 0.25) is 0 Å². The van der Waals surface area contributed by atoms with Gasteiger partial charge < -0.3 is 15.2 Å². The highest BCUT2D eigenvalue weighted by atomic mass is 19.1. The van der Waals surface area contributed by atoms with Crippen molar-refractivity contribution in [3.05, 3.63) is 94.0 Å². The minimum atomic E-state index is -0.985. The lowest BCUT2D eigenvalue weighted by Crippen LogP contribution is -2.24. The molecule has 4 rings (SSSR count). The van der Waals surface area contributed by atoms with E-state index in [0.29, 0.717) is 40.3 Å². The summed E-state index contributed by atoms with van der Waals surface area (Å²) in [6.45, 7) is 3.81. The van der Waals surface area contributed by atoms with Crippen molar-refractivity contribution in [2.45, 2.75) is 32.7 Å². The van der Waals surface area contributed by atoms with Gasteiger partial charge in [-0.3, -0.25) is 0 Å². The fraction of sp³-hybridized carbons (Fsp3) is 0.192. The number of halogens is 1. The number of carboxylic acids is 1. The number of hydrogen-bond acceptors (Lipinski definition) is 4. The monoisotopic (exact) mass is 431 g/mol. The molecule has 0 amide bonds. The Morgan fingerprint density at radius 1 is 1.22 bits per heavy atom. The van der Waals surface area contributed by atoms with Crippen molar-refractivity contribution in [1.82, 2.24) is 5.32 Å². The zero-order valence-electron chi connectivity index (χ0n) is 17.7. The zero-order valence-corrected chi connectivity index (χ0v) is 17.7. The molecule has 0 saturated carbocycles. The Morgan fingerprint density at radius 3 is 2.72 bits per heavy atom. The van der Waals surface area contributed by atoms with Crippen LogP contribution >= 0.6 is 0 Å². The summed E-state index contributed by atoms with van der Waals surface area (Å²) in [7, 11) is 0. The largest absolute Gasteiger partial charge is 0.478 e. The van der Waals surface area contributed by atoms with Gasteiger partial charge in [-0.2, -0.15) is 0 Å². The van der Waals surface area contributed by atoms with Crippen molar-refractivity contribution < 1.29 is 23.8 Å². The Bertz CT molecular complexity index is 1250. The topological polar surface area (TPSA) is 75.6 Å². The molecular weight excluding hydrogens is 409 g/mol. The number of allylic oxidation sites excluding steroid dienone is 4. The van der Waals surface area contributed by atoms with Crippen molar-refractivity contribution >= 4 is 23.2 Å². The molecule has 0 bridgehead atoms. The zero-order chi connectivity index (χ0) is 22.8. The van der Waals surface area contributed by atoms with E-state index >= 15 is 0 Å². The molecule has 2 aromatic carbocycles. The normalized spacial score (nSPS) is 16.0. The van der Waals surface area contributed by atoms with Gasteiger partial charge >= 0.3 is 5.97 Å². The molecule has 162 valence electrons. The van der Waals surface area contributed by atoms with E-state index in [1.54, 1.807) is 24.3 Å². The van der Waals surface area contributed by atoms with E-state index in [1.807, 2.05) is 38.0 Å². The molecular formula is C26H22FNO4. The molecule has 2 N–H and O–H groups in total. The number of nitrogens with one attached hydrogen (secondary N) is 1. The third kappa shape index (κ3) is 4.13. The lowest BCUT2D eigenvalue weighted by Gasteiger charge is -2.27. The maximum atomic E-state index is 13.8. The standard InChI is InChI=1S/C26H22FNO4/c1-15-10-21(16(2)28-23-9-4-3-8-20(23)26(30)31)25-22(11-15)18(14-29)13-24(32-25)17-6-5-7-19(27)12-17/h5-13,16,28H,3-4H2,1-2H3,(H,30,31). The molecule has 0 radical (unpaired) electrons. The van der Waals surface area contributed by atoms with Crippen molar-refractivity contribution in [3.63, 3.8) is 0 Å². The van der Waals surface area contributed by atoms with Crippen LogP contribution in [0.3, 0.4) is 0 Å². The van der Waals surface area contributed by atoms with Crippen LogP contribution in [0.25, 0.3) is 11.3 Å². The fourth-order valence-electron chi connectivity index (χ4n) is 3.98. The molecule has 2 aromatic rings. The molecule has 0 saturated heterocycles. The van der Waals surface area contributed by atoms with Crippen LogP contribution in [0.2, 0.25) is 0 Å². The second-order valence-electron chi connectivity index (χ2n) is 7.85. The van der Waals surface area contributed by atoms with E-state index in [0.717, 1.165) is 17.5 Å². The highest BCUT2D eigenvalue weighted by Crippen LogP contribution is 2.41. The summed E-state index contributed by atoms with van der Waals surface area (Å²) in [6, 6.07) is 9.40. The Hall–Kier alpha value is -3.89. The summed E-state index contributed by atoms with van der Waals surface area (Å²) >= 11 is 0. The van der Waals surface area contributed by atoms with Gasteiger partial charge in [-0.25, -0.2) is 14.0 Å². The average molecular weight is 431 g/mol. The van der Waals surface area contributed by atoms with E-state index in [1.165, 1.54) is 12.1 Å². The number of carbonyl (C=O) groups is 1. The summed E-state index contributed by atoms with van der Waals surface area (Å²) in [5.41, 5.74) is 3.86. The third-order valence-corrected chi connectivity index (χ3v) is 5.48. The molecule has 1 aliphatic heterocycles. The Morgan fingerprint density at radius 2 is 2.00 bits per heavy atom. The molecule has 0 aromatic heterocycles. The number of aliphatic carboxylic acids is 1. The Balaban J connectivity index is 1.75. The molecule has 0 spiro atoms. The highest BCUT2D eigenvalue weighted by molar-refractivity contribution is 6.01. The first-order valence-electron chi connectivity index (χ1n) is 10.3. The summed E-state index contributed by atoms with van der Waals surface area (Å²) < 4.78 is 20.0. The lowest BCUT2D eigenvalue weighted by molar-refractivity contribution is -0.132. The lowest BCUT2D eigenvalue weighted by atomic mass is 9.92. The van der Waals surface area contributed by atoms with Crippen LogP contribution < -0.4 is 10.1 Å². The summed E-state index contributed by atoms with van der Waals surface area (Å²) in [5.74, 6) is 1.38. The highest BCUT2D eigenvalue weighted by Gasteiger charge is 2.26. The van der Waals surface area contributed by atoms with Gasteiger partial charge in [0.15, 0.2) is 0 Å². The van der Waals surface area contributed by atoms with Crippen LogP contribution in [0.1, 0.15) is 48.1 Å². The maximum Gasteiger partial charge on any atom is 0.337 e. The van der Waals surface area contributed by atoms with E-state index < -0.39 is 11.8 Å². The van der Waals surface area contributed by atoms with Crippen molar-refractivity contribution in [2.75, 3.05) is 0 Å². The molecule has 32 heavy (non-hydrogen) atoms. The Kier molecular flexibility index (Phi) is 5.80. The predicted octanol–water partition coefficient (Wildman–Crippen LogP) is 5.12. The van der Waals surface area contributed by atoms with Crippen LogP contribution in [0.15, 0.2) is 65.9 Å². The minimum Gasteiger partial charge on any atom is -0.478 e. The smallest absolute Gasteiger partial charge is 0.337 e. The number of rotatable bonds is 5. The van der Waals surface area contributed by atoms with Gasteiger partial charge in [-0.1, -0.05) is 30.4 Å². The number of carboxylic acid groups (broad SMARTS) is 1. The summed E-state index contributed by atoms with van der Waals surface area (Å²) in [6.07, 6.45) is 6.56. The Labute approximate surface area is 185 Å². The molecule has 1 heterocycles. The number of fused-ring (bicyclic) bond motifs is 1. The second kappa shape index (κ2) is 8.69. The third-order valence-electron chi connectivity index (χ3n) is 5.48. The number of aryl methyl sites for hydroxylation is 1. The van der Waals surface area contributed by atoms with Gasteiger partial charge in [0.1, 0.15) is 23.3 Å². The molecule has 5 nitrogen and oxygen atoms in total. The molecule has 1 atom stereocenters. The van der Waals surface area contributed by atoms with Crippen LogP contribution in [-0.2, 0) is 9.59 Å². The predicted molar refractivity (Wildman–Crippen MR) is 120 cm³/mol. The second-order valence-corrected chi connectivity index (χ2v) is 7.85. The fourth-order valence-corrected chi connectivity index (χ4v) is 3.98. The van der Waals surface area contributed by atoms with E-state index in [-0.39, 0.29) is 11.6 Å². The van der Waals surface area contributed by atoms with Gasteiger partial charge in [0.05, 0.1) is 17.2 Å². The van der Waals surface area contributed by atoms with E-state index in [2.05, 4.69) is 5.32 Å². The molecule has 6 heteroatoms. The van der Waals surface area contributed by atoms with Crippen LogP contribution in [0, 0.1) is 12.7 Å². The molecule has 1 aliphatic carbocycles. The first-order chi connectivity index (χ1) is 15.4. The SMILES string of the molecule is Cc1cc2c(c(C(C)NC3=CCCC=C3C(=O)O)c1)OC(c1cccc(F)c1)=CC2=C=O. The summed E-state index contributed by atoms with van der Waals surface area (Å²) in [5, 5.41) is 12.8. The van der Waals surface area contributed by atoms with Crippen LogP contribution in [0.5, 0.6) is 5.75 Å². The van der Waals surface area contributed by atoms with Crippen molar-refractivity contribution in [2.24, 2.45) is 0 Å². The summed E-state index contributed by atoms with van der Waals surface area (Å²) in [4.78, 5) is 23.4. The van der Waals surface area contributed by atoms with Gasteiger partial charge in [-0.15, -0.1) is 0 Å². The van der Waals surface area contributed by atoms with Crippen molar-refractivity contribution in [3.8, 4) is 5.75 Å². The van der Waals surface area contributed by atoms with E-state index in [9.17, 15) is 19.1 Å². The molecule has 0 fully saturated rings. The quantitative estimate of drug-likeness (QED) is 0.643. The number of carbonyl (C=O) groups excluding carboxylic acids is 1. The molecule has 2 aliphatic rings. The number of hydrogen-bond donors (Lipinski definition) is 2. The first kappa shape index (κ1) is 21.3. The number of ether oxygens (including phenoxy) is 1.